The minimum absolute atomic E-state index is 0.210. The van der Waals surface area contributed by atoms with Crippen LogP contribution in [0.4, 0.5) is 0 Å². The second kappa shape index (κ2) is 5.66. The molecule has 0 aromatic rings. The Hall–Kier alpha value is -0.960. The predicted molar refractivity (Wildman–Crippen MR) is 54.8 cm³/mol. The first kappa shape index (κ1) is 11.0. The molecule has 0 aliphatic carbocycles. The van der Waals surface area contributed by atoms with Gasteiger partial charge in [-0.2, -0.15) is 0 Å². The second-order valence-electron chi connectivity index (χ2n) is 2.36. The third-order valence-electron chi connectivity index (χ3n) is 1.22. The molecule has 0 aromatic heterocycles. The smallest absolute Gasteiger partial charge is 0.260 e. The SMILES string of the molecule is C=C(C)/C=C\C(=C/C)C(=O)NS. The molecule has 3 heteroatoms. The summed E-state index contributed by atoms with van der Waals surface area (Å²) in [6.07, 6.45) is 5.19. The number of amides is 1. The van der Waals surface area contributed by atoms with Crippen molar-refractivity contribution in [2.45, 2.75) is 13.8 Å². The third kappa shape index (κ3) is 4.03. The molecule has 12 heavy (non-hydrogen) atoms. The zero-order valence-electron chi connectivity index (χ0n) is 7.29. The van der Waals surface area contributed by atoms with Gasteiger partial charge in [0.05, 0.1) is 0 Å². The lowest BCUT2D eigenvalue weighted by molar-refractivity contribution is -0.115. The van der Waals surface area contributed by atoms with Crippen molar-refractivity contribution >= 4 is 18.7 Å². The molecule has 1 N–H and O–H groups in total. The van der Waals surface area contributed by atoms with Gasteiger partial charge in [0, 0.05) is 5.57 Å². The molecule has 0 saturated heterocycles. The Morgan fingerprint density at radius 1 is 1.50 bits per heavy atom. The van der Waals surface area contributed by atoms with Crippen molar-refractivity contribution in [1.82, 2.24) is 4.72 Å². The summed E-state index contributed by atoms with van der Waals surface area (Å²) in [6.45, 7) is 7.34. The standard InChI is InChI=1S/C9H13NOS/c1-4-8(9(11)10-12)6-5-7(2)3/h4-6,12H,2H2,1,3H3,(H,10,11)/b6-5-,8-4+. The van der Waals surface area contributed by atoms with Crippen molar-refractivity contribution < 1.29 is 4.79 Å². The number of carbonyl (C=O) groups excluding carboxylic acids is 1. The molecule has 2 nitrogen and oxygen atoms in total. The van der Waals surface area contributed by atoms with Crippen LogP contribution in [0.3, 0.4) is 0 Å². The summed E-state index contributed by atoms with van der Waals surface area (Å²) in [5.74, 6) is -0.210. The molecular formula is C9H13NOS. The van der Waals surface area contributed by atoms with Crippen LogP contribution in [0, 0.1) is 0 Å². The molecular weight excluding hydrogens is 170 g/mol. The first-order chi connectivity index (χ1) is 5.61. The maximum absolute atomic E-state index is 11.0. The van der Waals surface area contributed by atoms with Crippen LogP contribution in [-0.2, 0) is 4.79 Å². The fourth-order valence-corrected chi connectivity index (χ4v) is 0.729. The van der Waals surface area contributed by atoms with E-state index in [4.69, 9.17) is 0 Å². The van der Waals surface area contributed by atoms with Gasteiger partial charge in [-0.3, -0.25) is 9.52 Å². The molecule has 0 saturated carbocycles. The van der Waals surface area contributed by atoms with Crippen molar-refractivity contribution in [2.24, 2.45) is 0 Å². The van der Waals surface area contributed by atoms with E-state index >= 15 is 0 Å². The average molecular weight is 183 g/mol. The normalized spacial score (nSPS) is 11.8. The van der Waals surface area contributed by atoms with E-state index in [1.165, 1.54) is 0 Å². The number of nitrogens with one attached hydrogen (secondary N) is 1. The molecule has 0 aromatic carbocycles. The van der Waals surface area contributed by atoms with E-state index in [9.17, 15) is 4.79 Å². The molecule has 0 aliphatic heterocycles. The molecule has 0 unspecified atom stereocenters. The molecule has 0 fully saturated rings. The number of carbonyl (C=O) groups is 1. The van der Waals surface area contributed by atoms with E-state index in [-0.39, 0.29) is 5.91 Å². The Morgan fingerprint density at radius 3 is 2.42 bits per heavy atom. The van der Waals surface area contributed by atoms with Gasteiger partial charge in [0.15, 0.2) is 0 Å². The maximum Gasteiger partial charge on any atom is 0.260 e. The van der Waals surface area contributed by atoms with Crippen LogP contribution in [0.1, 0.15) is 13.8 Å². The monoisotopic (exact) mass is 183 g/mol. The highest BCUT2D eigenvalue weighted by Crippen LogP contribution is 2.00. The predicted octanol–water partition coefficient (Wildman–Crippen LogP) is 2.03. The van der Waals surface area contributed by atoms with Gasteiger partial charge in [0.1, 0.15) is 0 Å². The Balaban J connectivity index is 4.40. The first-order valence-corrected chi connectivity index (χ1v) is 4.01. The van der Waals surface area contributed by atoms with E-state index in [0.717, 1.165) is 5.57 Å². The van der Waals surface area contributed by atoms with Gasteiger partial charge in [-0.15, -0.1) is 0 Å². The lowest BCUT2D eigenvalue weighted by Crippen LogP contribution is -2.13. The maximum atomic E-state index is 11.0. The summed E-state index contributed by atoms with van der Waals surface area (Å²) in [5.41, 5.74) is 1.48. The van der Waals surface area contributed by atoms with E-state index in [1.807, 2.05) is 6.92 Å². The summed E-state index contributed by atoms with van der Waals surface area (Å²) in [4.78, 5) is 11.0. The van der Waals surface area contributed by atoms with Crippen LogP contribution in [-0.4, -0.2) is 5.91 Å². The minimum Gasteiger partial charge on any atom is -0.299 e. The summed E-state index contributed by atoms with van der Waals surface area (Å²) in [7, 11) is 0. The quantitative estimate of drug-likeness (QED) is 0.391. The van der Waals surface area contributed by atoms with Crippen molar-refractivity contribution in [3.05, 3.63) is 36.0 Å². The summed E-state index contributed by atoms with van der Waals surface area (Å²) in [5, 5.41) is 0. The van der Waals surface area contributed by atoms with Crippen LogP contribution in [0.15, 0.2) is 36.0 Å². The van der Waals surface area contributed by atoms with E-state index in [0.29, 0.717) is 5.57 Å². The van der Waals surface area contributed by atoms with Crippen molar-refractivity contribution in [1.29, 1.82) is 0 Å². The van der Waals surface area contributed by atoms with Gasteiger partial charge in [0.2, 0.25) is 0 Å². The van der Waals surface area contributed by atoms with Gasteiger partial charge in [0.25, 0.3) is 5.91 Å². The third-order valence-corrected chi connectivity index (χ3v) is 1.43. The van der Waals surface area contributed by atoms with Crippen LogP contribution in [0.5, 0.6) is 0 Å². The van der Waals surface area contributed by atoms with E-state index in [2.05, 4.69) is 24.1 Å². The molecule has 0 spiro atoms. The Kier molecular flexibility index (Phi) is 5.21. The molecule has 66 valence electrons. The zero-order chi connectivity index (χ0) is 9.56. The van der Waals surface area contributed by atoms with Gasteiger partial charge < -0.3 is 0 Å². The number of hydrogen-bond acceptors (Lipinski definition) is 2. The molecule has 0 bridgehead atoms. The van der Waals surface area contributed by atoms with Crippen LogP contribution >= 0.6 is 12.8 Å². The van der Waals surface area contributed by atoms with Gasteiger partial charge in [-0.25, -0.2) is 0 Å². The van der Waals surface area contributed by atoms with Crippen molar-refractivity contribution in [3.63, 3.8) is 0 Å². The van der Waals surface area contributed by atoms with Crippen molar-refractivity contribution in [2.75, 3.05) is 0 Å². The van der Waals surface area contributed by atoms with Gasteiger partial charge in [-0.1, -0.05) is 37.1 Å². The molecule has 0 radical (unpaired) electrons. The van der Waals surface area contributed by atoms with Crippen LogP contribution in [0.25, 0.3) is 0 Å². The van der Waals surface area contributed by atoms with E-state index in [1.54, 1.807) is 25.2 Å². The van der Waals surface area contributed by atoms with Crippen molar-refractivity contribution in [3.8, 4) is 0 Å². The fourth-order valence-electron chi connectivity index (χ4n) is 0.600. The molecule has 0 atom stereocenters. The van der Waals surface area contributed by atoms with Crippen LogP contribution in [0.2, 0.25) is 0 Å². The Bertz CT molecular complexity index is 241. The number of hydrogen-bond donors (Lipinski definition) is 2. The van der Waals surface area contributed by atoms with Crippen LogP contribution < -0.4 is 4.72 Å². The molecule has 1 amide bonds. The highest BCUT2D eigenvalue weighted by molar-refractivity contribution is 7.78. The topological polar surface area (TPSA) is 29.1 Å². The number of rotatable bonds is 3. The minimum atomic E-state index is -0.210. The highest BCUT2D eigenvalue weighted by Gasteiger charge is 2.00. The summed E-state index contributed by atoms with van der Waals surface area (Å²) in [6, 6.07) is 0. The van der Waals surface area contributed by atoms with Gasteiger partial charge in [-0.05, 0) is 19.9 Å². The number of thiol groups is 1. The highest BCUT2D eigenvalue weighted by atomic mass is 32.1. The lowest BCUT2D eigenvalue weighted by atomic mass is 10.2. The molecule has 0 rings (SSSR count). The summed E-state index contributed by atoms with van der Waals surface area (Å²) < 4.78 is 2.25. The zero-order valence-corrected chi connectivity index (χ0v) is 8.19. The largest absolute Gasteiger partial charge is 0.299 e. The fraction of sp³-hybridized carbons (Fsp3) is 0.222. The average Bonchev–Trinajstić information content (AvgIpc) is 2.04. The number of allylic oxidation sites excluding steroid dienone is 3. The Morgan fingerprint density at radius 2 is 2.08 bits per heavy atom. The summed E-state index contributed by atoms with van der Waals surface area (Å²) >= 11 is 3.66. The lowest BCUT2D eigenvalue weighted by Gasteiger charge is -1.97. The van der Waals surface area contributed by atoms with E-state index < -0.39 is 0 Å². The first-order valence-electron chi connectivity index (χ1n) is 3.56. The Labute approximate surface area is 78.6 Å². The second-order valence-corrected chi connectivity index (χ2v) is 2.59. The molecule has 0 heterocycles. The van der Waals surface area contributed by atoms with Gasteiger partial charge >= 0.3 is 0 Å². The molecule has 0 aliphatic rings.